The van der Waals surface area contributed by atoms with E-state index in [0.29, 0.717) is 10.6 Å². The van der Waals surface area contributed by atoms with Crippen LogP contribution < -0.4 is 5.32 Å². The van der Waals surface area contributed by atoms with Gasteiger partial charge in [0.2, 0.25) is 0 Å². The summed E-state index contributed by atoms with van der Waals surface area (Å²) in [6.45, 7) is 1.97. The van der Waals surface area contributed by atoms with Gasteiger partial charge in [-0.3, -0.25) is 9.59 Å². The SMILES string of the molecule is Cc1ccc(C(=O)Nc2cccc(CSCCC(=O)O)c2)s1. The first kappa shape index (κ1) is 16.6. The summed E-state index contributed by atoms with van der Waals surface area (Å²) in [7, 11) is 0. The molecule has 1 aromatic carbocycles. The predicted octanol–water partition coefficient (Wildman–Crippen LogP) is 4.02. The van der Waals surface area contributed by atoms with Crippen LogP contribution in [0.4, 0.5) is 5.69 Å². The van der Waals surface area contributed by atoms with E-state index in [9.17, 15) is 9.59 Å². The lowest BCUT2D eigenvalue weighted by molar-refractivity contribution is -0.136. The van der Waals surface area contributed by atoms with Crippen molar-refractivity contribution >= 4 is 40.7 Å². The van der Waals surface area contributed by atoms with Crippen LogP contribution in [0.25, 0.3) is 0 Å². The molecule has 2 aromatic rings. The molecule has 0 aliphatic heterocycles. The highest BCUT2D eigenvalue weighted by molar-refractivity contribution is 7.98. The number of carbonyl (C=O) groups excluding carboxylic acids is 1. The van der Waals surface area contributed by atoms with Gasteiger partial charge in [0, 0.05) is 22.1 Å². The molecule has 0 aliphatic rings. The lowest BCUT2D eigenvalue weighted by Crippen LogP contribution is -2.10. The molecule has 2 rings (SSSR count). The van der Waals surface area contributed by atoms with Crippen molar-refractivity contribution in [1.82, 2.24) is 0 Å². The van der Waals surface area contributed by atoms with Gasteiger partial charge in [-0.05, 0) is 36.8 Å². The van der Waals surface area contributed by atoms with Crippen LogP contribution in [0.15, 0.2) is 36.4 Å². The molecular formula is C16H17NO3S2. The summed E-state index contributed by atoms with van der Waals surface area (Å²) in [6, 6.07) is 11.4. The number of rotatable bonds is 7. The fourth-order valence-electron chi connectivity index (χ4n) is 1.84. The van der Waals surface area contributed by atoms with Crippen molar-refractivity contribution in [1.29, 1.82) is 0 Å². The van der Waals surface area contributed by atoms with Gasteiger partial charge in [-0.2, -0.15) is 11.8 Å². The summed E-state index contributed by atoms with van der Waals surface area (Å²) in [5, 5.41) is 11.5. The number of benzene rings is 1. The number of carbonyl (C=O) groups is 2. The fourth-order valence-corrected chi connectivity index (χ4v) is 3.48. The lowest BCUT2D eigenvalue weighted by atomic mass is 10.2. The molecule has 1 heterocycles. The molecule has 0 aliphatic carbocycles. The van der Waals surface area contributed by atoms with E-state index in [0.717, 1.165) is 21.9 Å². The number of carboxylic acid groups (broad SMARTS) is 1. The normalized spacial score (nSPS) is 10.4. The highest BCUT2D eigenvalue weighted by Crippen LogP contribution is 2.20. The number of thioether (sulfide) groups is 1. The molecule has 0 radical (unpaired) electrons. The molecule has 1 amide bonds. The number of anilines is 1. The number of amides is 1. The van der Waals surface area contributed by atoms with Gasteiger partial charge in [-0.25, -0.2) is 0 Å². The summed E-state index contributed by atoms with van der Waals surface area (Å²) in [5.74, 6) is 0.434. The Morgan fingerprint density at radius 2 is 2.09 bits per heavy atom. The van der Waals surface area contributed by atoms with E-state index in [2.05, 4.69) is 5.32 Å². The van der Waals surface area contributed by atoms with Crippen molar-refractivity contribution in [2.24, 2.45) is 0 Å². The average Bonchev–Trinajstić information content (AvgIpc) is 2.91. The van der Waals surface area contributed by atoms with Crippen molar-refractivity contribution in [3.05, 3.63) is 51.7 Å². The maximum atomic E-state index is 12.1. The van der Waals surface area contributed by atoms with Crippen molar-refractivity contribution in [2.45, 2.75) is 19.1 Å². The molecule has 1 aromatic heterocycles. The van der Waals surface area contributed by atoms with Gasteiger partial charge in [-0.1, -0.05) is 12.1 Å². The number of hydrogen-bond acceptors (Lipinski definition) is 4. The van der Waals surface area contributed by atoms with E-state index in [4.69, 9.17) is 5.11 Å². The molecule has 0 fully saturated rings. The molecule has 2 N–H and O–H groups in total. The number of thiophene rings is 1. The first-order valence-corrected chi connectivity index (χ1v) is 8.78. The highest BCUT2D eigenvalue weighted by Gasteiger charge is 2.08. The Hall–Kier alpha value is -1.79. The first-order valence-electron chi connectivity index (χ1n) is 6.81. The van der Waals surface area contributed by atoms with E-state index < -0.39 is 5.97 Å². The maximum Gasteiger partial charge on any atom is 0.304 e. The lowest BCUT2D eigenvalue weighted by Gasteiger charge is -2.06. The second kappa shape index (κ2) is 8.00. The number of hydrogen-bond donors (Lipinski definition) is 2. The molecule has 0 bridgehead atoms. The number of aliphatic carboxylic acids is 1. The van der Waals surface area contributed by atoms with Gasteiger partial charge in [0.05, 0.1) is 11.3 Å². The Bertz CT molecular complexity index is 667. The fraction of sp³-hybridized carbons (Fsp3) is 0.250. The van der Waals surface area contributed by atoms with Gasteiger partial charge >= 0.3 is 5.97 Å². The summed E-state index contributed by atoms with van der Waals surface area (Å²) in [6.07, 6.45) is 0.165. The Morgan fingerprint density at radius 1 is 1.27 bits per heavy atom. The van der Waals surface area contributed by atoms with Gasteiger partial charge in [0.15, 0.2) is 0 Å². The molecule has 0 saturated heterocycles. The van der Waals surface area contributed by atoms with Gasteiger partial charge in [0.25, 0.3) is 5.91 Å². The van der Waals surface area contributed by atoms with E-state index in [1.165, 1.54) is 11.3 Å². The second-order valence-corrected chi connectivity index (χ2v) is 7.15. The van der Waals surface area contributed by atoms with E-state index in [1.807, 2.05) is 43.3 Å². The molecule has 0 saturated carbocycles. The van der Waals surface area contributed by atoms with E-state index >= 15 is 0 Å². The monoisotopic (exact) mass is 335 g/mol. The molecule has 116 valence electrons. The molecule has 6 heteroatoms. The van der Waals surface area contributed by atoms with Crippen LogP contribution in [-0.2, 0) is 10.5 Å². The highest BCUT2D eigenvalue weighted by atomic mass is 32.2. The van der Waals surface area contributed by atoms with Crippen molar-refractivity contribution in [3.8, 4) is 0 Å². The smallest absolute Gasteiger partial charge is 0.304 e. The Labute approximate surface area is 137 Å². The molecule has 0 unspecified atom stereocenters. The third-order valence-electron chi connectivity index (χ3n) is 2.88. The summed E-state index contributed by atoms with van der Waals surface area (Å²) >= 11 is 3.04. The van der Waals surface area contributed by atoms with Crippen LogP contribution in [0, 0.1) is 6.92 Å². The number of carboxylic acids is 1. The molecule has 0 spiro atoms. The number of nitrogens with one attached hydrogen (secondary N) is 1. The molecule has 0 atom stereocenters. The Kier molecular flexibility index (Phi) is 6.03. The Morgan fingerprint density at radius 3 is 2.77 bits per heavy atom. The largest absolute Gasteiger partial charge is 0.481 e. The standard InChI is InChI=1S/C16H17NO3S2/c1-11-5-6-14(22-11)16(20)17-13-4-2-3-12(9-13)10-21-8-7-15(18)19/h2-6,9H,7-8,10H2,1H3,(H,17,20)(H,18,19). The summed E-state index contributed by atoms with van der Waals surface area (Å²) in [4.78, 5) is 24.4. The summed E-state index contributed by atoms with van der Waals surface area (Å²) in [5.41, 5.74) is 1.82. The molecule has 4 nitrogen and oxygen atoms in total. The zero-order valence-corrected chi connectivity index (χ0v) is 13.8. The van der Waals surface area contributed by atoms with E-state index in [-0.39, 0.29) is 12.3 Å². The molecule has 22 heavy (non-hydrogen) atoms. The Balaban J connectivity index is 1.90. The minimum absolute atomic E-state index is 0.103. The van der Waals surface area contributed by atoms with Crippen molar-refractivity contribution < 1.29 is 14.7 Å². The first-order chi connectivity index (χ1) is 10.5. The maximum absolute atomic E-state index is 12.1. The predicted molar refractivity (Wildman–Crippen MR) is 91.9 cm³/mol. The van der Waals surface area contributed by atoms with Gasteiger partial charge in [-0.15, -0.1) is 11.3 Å². The van der Waals surface area contributed by atoms with Crippen LogP contribution in [-0.4, -0.2) is 22.7 Å². The minimum atomic E-state index is -0.778. The van der Waals surface area contributed by atoms with Crippen molar-refractivity contribution in [3.63, 3.8) is 0 Å². The third-order valence-corrected chi connectivity index (χ3v) is 4.91. The molecular weight excluding hydrogens is 318 g/mol. The van der Waals surface area contributed by atoms with E-state index in [1.54, 1.807) is 11.8 Å². The zero-order chi connectivity index (χ0) is 15.9. The van der Waals surface area contributed by atoms with Crippen LogP contribution in [0.1, 0.15) is 26.5 Å². The van der Waals surface area contributed by atoms with Crippen LogP contribution in [0.3, 0.4) is 0 Å². The van der Waals surface area contributed by atoms with Crippen LogP contribution in [0.2, 0.25) is 0 Å². The minimum Gasteiger partial charge on any atom is -0.481 e. The topological polar surface area (TPSA) is 66.4 Å². The zero-order valence-electron chi connectivity index (χ0n) is 12.2. The second-order valence-electron chi connectivity index (χ2n) is 4.76. The third kappa shape index (κ3) is 5.20. The van der Waals surface area contributed by atoms with Gasteiger partial charge < -0.3 is 10.4 Å². The van der Waals surface area contributed by atoms with Crippen LogP contribution in [0.5, 0.6) is 0 Å². The summed E-state index contributed by atoms with van der Waals surface area (Å²) < 4.78 is 0. The van der Waals surface area contributed by atoms with Gasteiger partial charge in [0.1, 0.15) is 0 Å². The quantitative estimate of drug-likeness (QED) is 0.750. The number of aryl methyl sites for hydroxylation is 1. The average molecular weight is 335 g/mol. The van der Waals surface area contributed by atoms with Crippen molar-refractivity contribution in [2.75, 3.05) is 11.1 Å². The van der Waals surface area contributed by atoms with Crippen LogP contribution >= 0.6 is 23.1 Å².